The van der Waals surface area contributed by atoms with Crippen LogP contribution in [0, 0.1) is 5.82 Å². The average molecular weight is 286 g/mol. The van der Waals surface area contributed by atoms with Gasteiger partial charge in [-0.3, -0.25) is 4.79 Å². The van der Waals surface area contributed by atoms with Crippen molar-refractivity contribution in [2.75, 3.05) is 7.11 Å². The number of carbonyl (C=O) groups excluding carboxylic acids is 1. The molecular formula is C17H15FO3. The Hall–Kier alpha value is -2.20. The van der Waals surface area contributed by atoms with Gasteiger partial charge in [-0.25, -0.2) is 4.39 Å². The standard InChI is InChI=1S/C17H15FO3/c1-20-17-5-2-11(6-15(17)18)7-16(19)12-3-4-13-9-21-10-14(13)8-12/h2-6,8H,7,9-10H2,1H3. The average Bonchev–Trinajstić information content (AvgIpc) is 2.94. The maximum absolute atomic E-state index is 13.6. The largest absolute Gasteiger partial charge is 0.494 e. The van der Waals surface area contributed by atoms with Gasteiger partial charge in [-0.15, -0.1) is 0 Å². The van der Waals surface area contributed by atoms with E-state index in [1.54, 1.807) is 12.1 Å². The van der Waals surface area contributed by atoms with Crippen molar-refractivity contribution in [2.45, 2.75) is 19.6 Å². The van der Waals surface area contributed by atoms with Gasteiger partial charge in [0.15, 0.2) is 17.3 Å². The molecule has 4 heteroatoms. The molecule has 3 nitrogen and oxygen atoms in total. The molecule has 0 saturated heterocycles. The minimum atomic E-state index is -0.454. The van der Waals surface area contributed by atoms with Crippen LogP contribution in [-0.2, 0) is 24.4 Å². The predicted octanol–water partition coefficient (Wildman–Crippen LogP) is 3.29. The summed E-state index contributed by atoms with van der Waals surface area (Å²) in [4.78, 5) is 12.3. The Bertz CT molecular complexity index is 694. The summed E-state index contributed by atoms with van der Waals surface area (Å²) in [6.45, 7) is 1.15. The molecule has 0 radical (unpaired) electrons. The van der Waals surface area contributed by atoms with Gasteiger partial charge in [-0.1, -0.05) is 18.2 Å². The van der Waals surface area contributed by atoms with Crippen molar-refractivity contribution in [1.82, 2.24) is 0 Å². The number of benzene rings is 2. The number of ether oxygens (including phenoxy) is 2. The van der Waals surface area contributed by atoms with E-state index in [9.17, 15) is 9.18 Å². The SMILES string of the molecule is COc1ccc(CC(=O)c2ccc3c(c2)COC3)cc1F. The van der Waals surface area contributed by atoms with E-state index in [-0.39, 0.29) is 18.0 Å². The summed E-state index contributed by atoms with van der Waals surface area (Å²) in [6, 6.07) is 10.2. The summed E-state index contributed by atoms with van der Waals surface area (Å²) in [5.74, 6) is -0.305. The minimum absolute atomic E-state index is 0.0331. The van der Waals surface area contributed by atoms with E-state index in [2.05, 4.69) is 0 Å². The van der Waals surface area contributed by atoms with Crippen LogP contribution in [0.5, 0.6) is 5.75 Å². The lowest BCUT2D eigenvalue weighted by atomic mass is 9.99. The number of fused-ring (bicyclic) bond motifs is 1. The zero-order valence-corrected chi connectivity index (χ0v) is 11.7. The van der Waals surface area contributed by atoms with Gasteiger partial charge in [0.05, 0.1) is 20.3 Å². The summed E-state index contributed by atoms with van der Waals surface area (Å²) >= 11 is 0. The van der Waals surface area contributed by atoms with E-state index in [1.807, 2.05) is 12.1 Å². The second kappa shape index (κ2) is 5.66. The van der Waals surface area contributed by atoms with Gasteiger partial charge in [0.2, 0.25) is 0 Å². The van der Waals surface area contributed by atoms with Crippen LogP contribution < -0.4 is 4.74 Å². The van der Waals surface area contributed by atoms with E-state index in [1.165, 1.54) is 19.2 Å². The molecule has 1 aliphatic rings. The lowest BCUT2D eigenvalue weighted by Crippen LogP contribution is -2.05. The molecule has 2 aromatic rings. The third-order valence-corrected chi connectivity index (χ3v) is 3.62. The Morgan fingerprint density at radius 1 is 1.19 bits per heavy atom. The Morgan fingerprint density at radius 3 is 2.76 bits per heavy atom. The number of hydrogen-bond donors (Lipinski definition) is 0. The van der Waals surface area contributed by atoms with Crippen LogP contribution >= 0.6 is 0 Å². The summed E-state index contributed by atoms with van der Waals surface area (Å²) in [5, 5.41) is 0. The molecule has 0 spiro atoms. The fraction of sp³-hybridized carbons (Fsp3) is 0.235. The van der Waals surface area contributed by atoms with Gasteiger partial charge in [-0.2, -0.15) is 0 Å². The van der Waals surface area contributed by atoms with E-state index in [0.29, 0.717) is 24.3 Å². The summed E-state index contributed by atoms with van der Waals surface area (Å²) in [6.07, 6.45) is 0.167. The Labute approximate surface area is 122 Å². The maximum Gasteiger partial charge on any atom is 0.167 e. The van der Waals surface area contributed by atoms with Crippen molar-refractivity contribution in [2.24, 2.45) is 0 Å². The van der Waals surface area contributed by atoms with Crippen LogP contribution in [0.4, 0.5) is 4.39 Å². The molecule has 0 atom stereocenters. The Morgan fingerprint density at radius 2 is 2.00 bits per heavy atom. The van der Waals surface area contributed by atoms with Crippen molar-refractivity contribution < 1.29 is 18.7 Å². The quantitative estimate of drug-likeness (QED) is 0.809. The van der Waals surface area contributed by atoms with Gasteiger partial charge < -0.3 is 9.47 Å². The molecule has 2 aromatic carbocycles. The fourth-order valence-electron chi connectivity index (χ4n) is 2.45. The number of halogens is 1. The predicted molar refractivity (Wildman–Crippen MR) is 75.9 cm³/mol. The Balaban J connectivity index is 1.78. The smallest absolute Gasteiger partial charge is 0.167 e. The lowest BCUT2D eigenvalue weighted by molar-refractivity contribution is 0.0992. The summed E-state index contributed by atoms with van der Waals surface area (Å²) in [5.41, 5.74) is 3.45. The van der Waals surface area contributed by atoms with Crippen molar-refractivity contribution in [3.8, 4) is 5.75 Å². The van der Waals surface area contributed by atoms with Gasteiger partial charge >= 0.3 is 0 Å². The summed E-state index contributed by atoms with van der Waals surface area (Å²) < 4.78 is 23.8. The fourth-order valence-corrected chi connectivity index (χ4v) is 2.45. The van der Waals surface area contributed by atoms with Crippen LogP contribution in [0.3, 0.4) is 0 Å². The molecule has 0 amide bonds. The number of rotatable bonds is 4. The lowest BCUT2D eigenvalue weighted by Gasteiger charge is -2.06. The zero-order chi connectivity index (χ0) is 14.8. The molecule has 0 fully saturated rings. The van der Waals surface area contributed by atoms with Gasteiger partial charge in [-0.05, 0) is 34.9 Å². The molecule has 0 aromatic heterocycles. The molecule has 0 bridgehead atoms. The molecule has 3 rings (SSSR count). The molecule has 1 aliphatic heterocycles. The van der Waals surface area contributed by atoms with Gasteiger partial charge in [0.25, 0.3) is 0 Å². The molecular weight excluding hydrogens is 271 g/mol. The molecule has 1 heterocycles. The minimum Gasteiger partial charge on any atom is -0.494 e. The highest BCUT2D eigenvalue weighted by atomic mass is 19.1. The monoisotopic (exact) mass is 286 g/mol. The van der Waals surface area contributed by atoms with Crippen LogP contribution in [0.2, 0.25) is 0 Å². The topological polar surface area (TPSA) is 35.5 Å². The van der Waals surface area contributed by atoms with Crippen molar-refractivity contribution in [3.05, 3.63) is 64.5 Å². The highest BCUT2D eigenvalue weighted by Gasteiger charge is 2.15. The molecule has 21 heavy (non-hydrogen) atoms. The second-order valence-corrected chi connectivity index (χ2v) is 5.05. The highest BCUT2D eigenvalue weighted by Crippen LogP contribution is 2.22. The van der Waals surface area contributed by atoms with E-state index in [4.69, 9.17) is 9.47 Å². The van der Waals surface area contributed by atoms with Crippen molar-refractivity contribution >= 4 is 5.78 Å². The molecule has 108 valence electrons. The zero-order valence-electron chi connectivity index (χ0n) is 11.7. The maximum atomic E-state index is 13.6. The van der Waals surface area contributed by atoms with E-state index >= 15 is 0 Å². The number of hydrogen-bond acceptors (Lipinski definition) is 3. The normalized spacial score (nSPS) is 13.0. The first kappa shape index (κ1) is 13.8. The number of Topliss-reactive ketones (excluding diaryl/α,β-unsaturated/α-hetero) is 1. The van der Waals surface area contributed by atoms with Crippen molar-refractivity contribution in [1.29, 1.82) is 0 Å². The number of methoxy groups -OCH3 is 1. The first-order chi connectivity index (χ1) is 10.2. The number of carbonyl (C=O) groups is 1. The molecule has 0 saturated carbocycles. The molecule has 0 aliphatic carbocycles. The molecule has 0 N–H and O–H groups in total. The van der Waals surface area contributed by atoms with Crippen LogP contribution in [0.15, 0.2) is 36.4 Å². The van der Waals surface area contributed by atoms with Crippen LogP contribution in [0.25, 0.3) is 0 Å². The first-order valence-electron chi connectivity index (χ1n) is 6.72. The van der Waals surface area contributed by atoms with Crippen LogP contribution in [0.1, 0.15) is 27.0 Å². The first-order valence-corrected chi connectivity index (χ1v) is 6.72. The third kappa shape index (κ3) is 2.81. The second-order valence-electron chi connectivity index (χ2n) is 5.05. The van der Waals surface area contributed by atoms with Gasteiger partial charge in [0, 0.05) is 12.0 Å². The Kier molecular flexibility index (Phi) is 3.71. The van der Waals surface area contributed by atoms with E-state index < -0.39 is 5.82 Å². The molecule has 0 unspecified atom stereocenters. The van der Waals surface area contributed by atoms with Gasteiger partial charge in [0.1, 0.15) is 0 Å². The summed E-state index contributed by atoms with van der Waals surface area (Å²) in [7, 11) is 1.41. The van der Waals surface area contributed by atoms with E-state index in [0.717, 1.165) is 11.1 Å². The third-order valence-electron chi connectivity index (χ3n) is 3.62. The highest BCUT2D eigenvalue weighted by molar-refractivity contribution is 5.97. The number of ketones is 1. The van der Waals surface area contributed by atoms with Crippen molar-refractivity contribution in [3.63, 3.8) is 0 Å². The van der Waals surface area contributed by atoms with Crippen LogP contribution in [-0.4, -0.2) is 12.9 Å².